The summed E-state index contributed by atoms with van der Waals surface area (Å²) in [4.78, 5) is 34.6. The monoisotopic (exact) mass is 346 g/mol. The number of ether oxygens (including phenoxy) is 1. The zero-order valence-electron chi connectivity index (χ0n) is 14.7. The van der Waals surface area contributed by atoms with Crippen molar-refractivity contribution in [2.75, 3.05) is 20.2 Å². The van der Waals surface area contributed by atoms with Gasteiger partial charge in [-0.2, -0.15) is 5.10 Å². The molecule has 0 radical (unpaired) electrons. The van der Waals surface area contributed by atoms with Crippen LogP contribution in [0.2, 0.25) is 0 Å². The molecule has 0 aromatic carbocycles. The van der Waals surface area contributed by atoms with Gasteiger partial charge in [0.1, 0.15) is 5.82 Å². The zero-order valence-corrected chi connectivity index (χ0v) is 14.7. The second-order valence-corrected chi connectivity index (χ2v) is 6.06. The Morgan fingerprint density at radius 2 is 2.08 bits per heavy atom. The number of likely N-dealkylation sites (tertiary alicyclic amines) is 1. The van der Waals surface area contributed by atoms with Gasteiger partial charge >= 0.3 is 11.7 Å². The Kier molecular flexibility index (Phi) is 4.82. The predicted molar refractivity (Wildman–Crippen MR) is 89.6 cm³/mol. The first-order valence-electron chi connectivity index (χ1n) is 8.34. The number of nitrogens with zero attached hydrogens (tertiary/aromatic N) is 6. The number of hydrogen-bond donors (Lipinski definition) is 0. The number of aromatic nitrogens is 5. The topological polar surface area (TPSA) is 95.1 Å². The van der Waals surface area contributed by atoms with Crippen molar-refractivity contribution in [3.63, 3.8) is 0 Å². The summed E-state index contributed by atoms with van der Waals surface area (Å²) in [5.41, 5.74) is 0.305. The molecule has 134 valence electrons. The predicted octanol–water partition coefficient (Wildman–Crippen LogP) is 0.420. The number of rotatable bonds is 4. The first kappa shape index (κ1) is 17.1. The minimum Gasteiger partial charge on any atom is -0.467 e. The van der Waals surface area contributed by atoms with Crippen LogP contribution in [0.1, 0.15) is 41.9 Å². The number of piperidine rings is 1. The summed E-state index contributed by atoms with van der Waals surface area (Å²) in [6, 6.07) is 0.230. The number of methoxy groups -OCH3 is 1. The molecular formula is C16H22N6O3. The van der Waals surface area contributed by atoms with Crippen molar-refractivity contribution in [2.24, 2.45) is 7.05 Å². The molecule has 1 atom stereocenters. The number of carbonyl (C=O) groups excluding carboxylic acids is 1. The van der Waals surface area contributed by atoms with Gasteiger partial charge < -0.3 is 9.64 Å². The molecule has 0 spiro atoms. The summed E-state index contributed by atoms with van der Waals surface area (Å²) in [5.74, 6) is 0.679. The van der Waals surface area contributed by atoms with E-state index in [2.05, 4.69) is 15.1 Å². The molecule has 2 aromatic heterocycles. The van der Waals surface area contributed by atoms with Crippen molar-refractivity contribution in [1.82, 2.24) is 29.2 Å². The number of amides is 1. The molecule has 3 rings (SSSR count). The number of hydrogen-bond acceptors (Lipinski definition) is 6. The maximum absolute atomic E-state index is 12.7. The SMILES string of the molecule is CCn1c([C@H]2CCCN(C(=O)c3cnc(OC)nc3)C2)nn(C)c1=O. The Labute approximate surface area is 145 Å². The lowest BCUT2D eigenvalue weighted by Crippen LogP contribution is -2.40. The van der Waals surface area contributed by atoms with Crippen LogP contribution in [0.3, 0.4) is 0 Å². The Balaban J connectivity index is 1.80. The highest BCUT2D eigenvalue weighted by atomic mass is 16.5. The van der Waals surface area contributed by atoms with Gasteiger partial charge in [0, 0.05) is 45.0 Å². The third kappa shape index (κ3) is 3.26. The minimum atomic E-state index is -0.121. The summed E-state index contributed by atoms with van der Waals surface area (Å²) in [7, 11) is 3.13. The summed E-state index contributed by atoms with van der Waals surface area (Å²) < 4.78 is 7.95. The summed E-state index contributed by atoms with van der Waals surface area (Å²) in [6.07, 6.45) is 4.71. The van der Waals surface area contributed by atoms with E-state index in [4.69, 9.17) is 4.74 Å². The van der Waals surface area contributed by atoms with E-state index in [1.807, 2.05) is 6.92 Å². The van der Waals surface area contributed by atoms with Crippen LogP contribution < -0.4 is 10.4 Å². The fraction of sp³-hybridized carbons (Fsp3) is 0.562. The maximum Gasteiger partial charge on any atom is 0.345 e. The van der Waals surface area contributed by atoms with E-state index in [-0.39, 0.29) is 23.5 Å². The highest BCUT2D eigenvalue weighted by molar-refractivity contribution is 5.93. The molecule has 0 N–H and O–H groups in total. The minimum absolute atomic E-state index is 0.0470. The zero-order chi connectivity index (χ0) is 18.0. The summed E-state index contributed by atoms with van der Waals surface area (Å²) in [6.45, 7) is 3.69. The van der Waals surface area contributed by atoms with E-state index < -0.39 is 0 Å². The van der Waals surface area contributed by atoms with Crippen LogP contribution in [0.4, 0.5) is 0 Å². The maximum atomic E-state index is 12.7. The van der Waals surface area contributed by atoms with Gasteiger partial charge in [0.2, 0.25) is 0 Å². The van der Waals surface area contributed by atoms with E-state index in [0.29, 0.717) is 25.2 Å². The molecule has 9 nitrogen and oxygen atoms in total. The van der Waals surface area contributed by atoms with Gasteiger partial charge in [-0.15, -0.1) is 0 Å². The normalized spacial score (nSPS) is 17.6. The lowest BCUT2D eigenvalue weighted by atomic mass is 9.96. The van der Waals surface area contributed by atoms with Crippen LogP contribution in [0.5, 0.6) is 6.01 Å². The van der Waals surface area contributed by atoms with Crippen LogP contribution in [0.25, 0.3) is 0 Å². The molecule has 1 saturated heterocycles. The average molecular weight is 346 g/mol. The Bertz CT molecular complexity index is 810. The first-order chi connectivity index (χ1) is 12.0. The summed E-state index contributed by atoms with van der Waals surface area (Å²) >= 11 is 0. The highest BCUT2D eigenvalue weighted by Gasteiger charge is 2.29. The standard InChI is InChI=1S/C16H22N6O3/c1-4-22-13(19-20(2)16(22)24)11-6-5-7-21(10-11)14(23)12-8-17-15(25-3)18-9-12/h8-9,11H,4-7,10H2,1-3H3/t11-/m0/s1. The van der Waals surface area contributed by atoms with E-state index in [1.165, 1.54) is 24.2 Å². The van der Waals surface area contributed by atoms with Gasteiger partial charge in [0.15, 0.2) is 0 Å². The molecule has 1 amide bonds. The van der Waals surface area contributed by atoms with Gasteiger partial charge in [-0.25, -0.2) is 19.4 Å². The van der Waals surface area contributed by atoms with Gasteiger partial charge in [-0.3, -0.25) is 9.36 Å². The molecule has 9 heteroatoms. The molecule has 0 bridgehead atoms. The van der Waals surface area contributed by atoms with Crippen molar-refractivity contribution in [3.8, 4) is 6.01 Å². The molecule has 25 heavy (non-hydrogen) atoms. The van der Waals surface area contributed by atoms with Crippen molar-refractivity contribution in [1.29, 1.82) is 0 Å². The van der Waals surface area contributed by atoms with Crippen molar-refractivity contribution < 1.29 is 9.53 Å². The van der Waals surface area contributed by atoms with Gasteiger partial charge in [0.05, 0.1) is 12.7 Å². The lowest BCUT2D eigenvalue weighted by Gasteiger charge is -2.32. The van der Waals surface area contributed by atoms with Crippen LogP contribution in [-0.4, -0.2) is 55.3 Å². The molecule has 1 aliphatic heterocycles. The fourth-order valence-electron chi connectivity index (χ4n) is 3.21. The molecular weight excluding hydrogens is 324 g/mol. The Morgan fingerprint density at radius 3 is 2.72 bits per heavy atom. The van der Waals surface area contributed by atoms with Gasteiger partial charge in [-0.1, -0.05) is 0 Å². The first-order valence-corrected chi connectivity index (χ1v) is 8.34. The molecule has 3 heterocycles. The Morgan fingerprint density at radius 1 is 1.36 bits per heavy atom. The number of carbonyl (C=O) groups is 1. The largest absolute Gasteiger partial charge is 0.467 e. The van der Waals surface area contributed by atoms with Crippen molar-refractivity contribution in [3.05, 3.63) is 34.3 Å². The van der Waals surface area contributed by atoms with Gasteiger partial charge in [0.25, 0.3) is 5.91 Å². The molecule has 0 unspecified atom stereocenters. The third-order valence-electron chi connectivity index (χ3n) is 4.48. The third-order valence-corrected chi connectivity index (χ3v) is 4.48. The van der Waals surface area contributed by atoms with Gasteiger partial charge in [-0.05, 0) is 19.8 Å². The Hall–Kier alpha value is -2.71. The van der Waals surface area contributed by atoms with Crippen molar-refractivity contribution >= 4 is 5.91 Å². The smallest absolute Gasteiger partial charge is 0.345 e. The molecule has 1 aliphatic rings. The second-order valence-electron chi connectivity index (χ2n) is 6.06. The molecule has 2 aromatic rings. The quantitative estimate of drug-likeness (QED) is 0.796. The number of aryl methyl sites for hydroxylation is 1. The van der Waals surface area contributed by atoms with Crippen LogP contribution in [0, 0.1) is 0 Å². The van der Waals surface area contributed by atoms with E-state index in [1.54, 1.807) is 16.5 Å². The molecule has 0 aliphatic carbocycles. The van der Waals surface area contributed by atoms with Crippen LogP contribution >= 0.6 is 0 Å². The van der Waals surface area contributed by atoms with E-state index >= 15 is 0 Å². The second kappa shape index (κ2) is 7.04. The van der Waals surface area contributed by atoms with E-state index in [9.17, 15) is 9.59 Å². The molecule has 0 saturated carbocycles. The lowest BCUT2D eigenvalue weighted by molar-refractivity contribution is 0.0702. The van der Waals surface area contributed by atoms with Crippen molar-refractivity contribution in [2.45, 2.75) is 32.2 Å². The summed E-state index contributed by atoms with van der Waals surface area (Å²) in [5, 5.41) is 4.38. The van der Waals surface area contributed by atoms with Crippen LogP contribution in [-0.2, 0) is 13.6 Å². The fourth-order valence-corrected chi connectivity index (χ4v) is 3.21. The molecule has 1 fully saturated rings. The van der Waals surface area contributed by atoms with Crippen LogP contribution in [0.15, 0.2) is 17.2 Å². The average Bonchev–Trinajstić information content (AvgIpc) is 2.95. The highest BCUT2D eigenvalue weighted by Crippen LogP contribution is 2.26. The van der Waals surface area contributed by atoms with E-state index in [0.717, 1.165) is 18.7 Å².